The van der Waals surface area contributed by atoms with Gasteiger partial charge in [0.15, 0.2) is 0 Å². The van der Waals surface area contributed by atoms with Crippen LogP contribution < -0.4 is 15.4 Å². The zero-order chi connectivity index (χ0) is 17.2. The summed E-state index contributed by atoms with van der Waals surface area (Å²) in [6.45, 7) is 1.71. The van der Waals surface area contributed by atoms with Gasteiger partial charge in [-0.15, -0.1) is 0 Å². The molecule has 0 aliphatic rings. The molecule has 0 aliphatic carbocycles. The third-order valence-electron chi connectivity index (χ3n) is 3.35. The molecule has 0 spiro atoms. The van der Waals surface area contributed by atoms with E-state index in [1.54, 1.807) is 20.4 Å². The van der Waals surface area contributed by atoms with Gasteiger partial charge >= 0.3 is 0 Å². The molecule has 0 aliphatic heterocycles. The first-order valence-corrected chi connectivity index (χ1v) is 7.69. The van der Waals surface area contributed by atoms with Crippen molar-refractivity contribution in [3.05, 3.63) is 47.9 Å². The summed E-state index contributed by atoms with van der Waals surface area (Å²) in [5, 5.41) is 5.93. The zero-order valence-corrected chi connectivity index (χ0v) is 13.9. The topological polar surface area (TPSA) is 85.4 Å². The number of hydrogen-bond acceptors (Lipinski definition) is 6. The van der Waals surface area contributed by atoms with Gasteiger partial charge in [0.25, 0.3) is 5.91 Å². The van der Waals surface area contributed by atoms with E-state index in [0.29, 0.717) is 25.5 Å². The monoisotopic (exact) mass is 330 g/mol. The van der Waals surface area contributed by atoms with Crippen molar-refractivity contribution >= 4 is 11.7 Å². The molecule has 1 heterocycles. The number of ether oxygens (including phenoxy) is 2. The van der Waals surface area contributed by atoms with Gasteiger partial charge in [0.05, 0.1) is 19.5 Å². The average molecular weight is 330 g/mol. The number of nitrogens with zero attached hydrogens (tertiary/aromatic N) is 2. The van der Waals surface area contributed by atoms with E-state index in [1.807, 2.05) is 24.3 Å². The number of nitrogens with one attached hydrogen (secondary N) is 2. The lowest BCUT2D eigenvalue weighted by molar-refractivity contribution is 0.0943. The fourth-order valence-corrected chi connectivity index (χ4v) is 2.08. The number of rotatable bonds is 9. The molecular weight excluding hydrogens is 308 g/mol. The summed E-state index contributed by atoms with van der Waals surface area (Å²) in [6.07, 6.45) is 3.75. The molecule has 0 fully saturated rings. The molecule has 2 rings (SSSR count). The molecule has 1 aromatic carbocycles. The number of carbonyl (C=O) groups excluding carboxylic acids is 1. The molecule has 1 aromatic heterocycles. The van der Waals surface area contributed by atoms with Crippen LogP contribution >= 0.6 is 0 Å². The predicted molar refractivity (Wildman–Crippen MR) is 91.2 cm³/mol. The third kappa shape index (κ3) is 5.20. The van der Waals surface area contributed by atoms with E-state index >= 15 is 0 Å². The number of carbonyl (C=O) groups is 1. The van der Waals surface area contributed by atoms with Gasteiger partial charge < -0.3 is 20.1 Å². The standard InChI is InChI=1S/C17H22N4O3/c1-23-9-5-8-18-17(22)14-11-21-16(12-19-14)20-10-13-6-3-4-7-15(13)24-2/h3-4,6-7,11-12H,5,8-10H2,1-2H3,(H,18,22)(H,20,21). The smallest absolute Gasteiger partial charge is 0.271 e. The Morgan fingerprint density at radius 2 is 2.00 bits per heavy atom. The van der Waals surface area contributed by atoms with Gasteiger partial charge in [-0.05, 0) is 12.5 Å². The molecule has 0 unspecified atom stereocenters. The van der Waals surface area contributed by atoms with Crippen molar-refractivity contribution in [3.63, 3.8) is 0 Å². The highest BCUT2D eigenvalue weighted by atomic mass is 16.5. The SMILES string of the molecule is COCCCNC(=O)c1cnc(NCc2ccccc2OC)cn1. The molecule has 1 amide bonds. The van der Waals surface area contributed by atoms with E-state index in [-0.39, 0.29) is 11.6 Å². The molecule has 0 bridgehead atoms. The van der Waals surface area contributed by atoms with Crippen LogP contribution in [0.2, 0.25) is 0 Å². The Labute approximate surface area is 141 Å². The second-order valence-corrected chi connectivity index (χ2v) is 5.05. The lowest BCUT2D eigenvalue weighted by Crippen LogP contribution is -2.26. The van der Waals surface area contributed by atoms with Crippen LogP contribution in [0.25, 0.3) is 0 Å². The lowest BCUT2D eigenvalue weighted by atomic mass is 10.2. The normalized spacial score (nSPS) is 10.2. The van der Waals surface area contributed by atoms with Crippen molar-refractivity contribution in [3.8, 4) is 5.75 Å². The lowest BCUT2D eigenvalue weighted by Gasteiger charge is -2.10. The summed E-state index contributed by atoms with van der Waals surface area (Å²) < 4.78 is 10.2. The summed E-state index contributed by atoms with van der Waals surface area (Å²) in [5.74, 6) is 1.16. The minimum Gasteiger partial charge on any atom is -0.496 e. The van der Waals surface area contributed by atoms with Crippen molar-refractivity contribution in [1.82, 2.24) is 15.3 Å². The highest BCUT2D eigenvalue weighted by molar-refractivity contribution is 5.91. The van der Waals surface area contributed by atoms with Crippen LogP contribution in [0.1, 0.15) is 22.5 Å². The van der Waals surface area contributed by atoms with E-state index in [9.17, 15) is 4.79 Å². The number of aromatic nitrogens is 2. The molecule has 128 valence electrons. The van der Waals surface area contributed by atoms with Crippen LogP contribution in [-0.2, 0) is 11.3 Å². The first-order chi connectivity index (χ1) is 11.7. The first kappa shape index (κ1) is 17.7. The maximum absolute atomic E-state index is 11.9. The van der Waals surface area contributed by atoms with Gasteiger partial charge in [0.2, 0.25) is 0 Å². The van der Waals surface area contributed by atoms with Crippen molar-refractivity contribution in [2.75, 3.05) is 32.7 Å². The molecule has 0 atom stereocenters. The summed E-state index contributed by atoms with van der Waals surface area (Å²) >= 11 is 0. The van der Waals surface area contributed by atoms with Crippen molar-refractivity contribution in [2.24, 2.45) is 0 Å². The quantitative estimate of drug-likeness (QED) is 0.683. The minimum atomic E-state index is -0.241. The predicted octanol–water partition coefficient (Wildman–Crippen LogP) is 1.86. The maximum atomic E-state index is 11.9. The number of methoxy groups -OCH3 is 2. The Morgan fingerprint density at radius 3 is 2.71 bits per heavy atom. The Kier molecular flexibility index (Phi) is 6.97. The average Bonchev–Trinajstić information content (AvgIpc) is 2.64. The Hall–Kier alpha value is -2.67. The molecule has 2 aromatic rings. The molecule has 0 saturated heterocycles. The molecule has 7 nitrogen and oxygen atoms in total. The third-order valence-corrected chi connectivity index (χ3v) is 3.35. The Balaban J connectivity index is 1.86. The number of benzene rings is 1. The molecule has 7 heteroatoms. The van der Waals surface area contributed by atoms with Crippen molar-refractivity contribution in [1.29, 1.82) is 0 Å². The summed E-state index contributed by atoms with van der Waals surface area (Å²) in [4.78, 5) is 20.2. The highest BCUT2D eigenvalue weighted by Crippen LogP contribution is 2.18. The number of amides is 1. The second kappa shape index (κ2) is 9.46. The highest BCUT2D eigenvalue weighted by Gasteiger charge is 2.07. The van der Waals surface area contributed by atoms with Gasteiger partial charge in [0.1, 0.15) is 17.3 Å². The van der Waals surface area contributed by atoms with E-state index in [4.69, 9.17) is 9.47 Å². The van der Waals surface area contributed by atoms with Crippen LogP contribution in [0.4, 0.5) is 5.82 Å². The van der Waals surface area contributed by atoms with Gasteiger partial charge in [0, 0.05) is 32.4 Å². The summed E-state index contributed by atoms with van der Waals surface area (Å²) in [6, 6.07) is 7.74. The van der Waals surface area contributed by atoms with E-state index < -0.39 is 0 Å². The van der Waals surface area contributed by atoms with Crippen molar-refractivity contribution < 1.29 is 14.3 Å². The van der Waals surface area contributed by atoms with Gasteiger partial charge in [-0.2, -0.15) is 0 Å². The van der Waals surface area contributed by atoms with E-state index in [2.05, 4.69) is 20.6 Å². The molecule has 2 N–H and O–H groups in total. The number of hydrogen-bond donors (Lipinski definition) is 2. The number of anilines is 1. The van der Waals surface area contributed by atoms with Gasteiger partial charge in [-0.25, -0.2) is 9.97 Å². The Bertz CT molecular complexity index is 647. The van der Waals surface area contributed by atoms with Gasteiger partial charge in [-0.3, -0.25) is 4.79 Å². The molecule has 0 saturated carbocycles. The fraction of sp³-hybridized carbons (Fsp3) is 0.353. The van der Waals surface area contributed by atoms with Crippen LogP contribution in [0, 0.1) is 0 Å². The minimum absolute atomic E-state index is 0.241. The van der Waals surface area contributed by atoms with Crippen LogP contribution in [0.5, 0.6) is 5.75 Å². The summed E-state index contributed by atoms with van der Waals surface area (Å²) in [5.41, 5.74) is 1.30. The zero-order valence-electron chi connectivity index (χ0n) is 13.9. The largest absolute Gasteiger partial charge is 0.496 e. The van der Waals surface area contributed by atoms with E-state index in [1.165, 1.54) is 6.20 Å². The summed E-state index contributed by atoms with van der Waals surface area (Å²) in [7, 11) is 3.27. The molecule has 0 radical (unpaired) electrons. The first-order valence-electron chi connectivity index (χ1n) is 7.69. The number of para-hydroxylation sites is 1. The second-order valence-electron chi connectivity index (χ2n) is 5.05. The molecular formula is C17H22N4O3. The van der Waals surface area contributed by atoms with Crippen molar-refractivity contribution in [2.45, 2.75) is 13.0 Å². The van der Waals surface area contributed by atoms with Crippen LogP contribution in [-0.4, -0.2) is 43.2 Å². The van der Waals surface area contributed by atoms with Gasteiger partial charge in [-0.1, -0.05) is 18.2 Å². The fourth-order valence-electron chi connectivity index (χ4n) is 2.08. The maximum Gasteiger partial charge on any atom is 0.271 e. The van der Waals surface area contributed by atoms with Crippen LogP contribution in [0.3, 0.4) is 0 Å². The van der Waals surface area contributed by atoms with Crippen LogP contribution in [0.15, 0.2) is 36.7 Å². The van der Waals surface area contributed by atoms with E-state index in [0.717, 1.165) is 17.7 Å². The molecule has 24 heavy (non-hydrogen) atoms. The Morgan fingerprint density at radius 1 is 1.17 bits per heavy atom.